The van der Waals surface area contributed by atoms with Crippen molar-refractivity contribution in [3.8, 4) is 0 Å². The molecule has 0 spiro atoms. The second kappa shape index (κ2) is 13.5. The molecule has 1 radical (unpaired) electrons. The second-order valence-corrected chi connectivity index (χ2v) is 8.22. The Morgan fingerprint density at radius 2 is 1.00 bits per heavy atom. The van der Waals surface area contributed by atoms with Crippen molar-refractivity contribution in [3.63, 3.8) is 0 Å². The molecule has 0 saturated heterocycles. The molecule has 0 saturated carbocycles. The number of pyridine rings is 2. The number of nitrogens with one attached hydrogen (secondary N) is 2. The number of aromatic nitrogens is 2. The van der Waals surface area contributed by atoms with Gasteiger partial charge in [-0.05, 0) is 60.0 Å². The van der Waals surface area contributed by atoms with Gasteiger partial charge in [-0.15, -0.1) is 0 Å². The summed E-state index contributed by atoms with van der Waals surface area (Å²) in [5.41, 5.74) is 9.32. The molecule has 189 valence electrons. The maximum absolute atomic E-state index is 13.0. The first kappa shape index (κ1) is 30.2. The van der Waals surface area contributed by atoms with Crippen LogP contribution in [0, 0.1) is 19.3 Å². The number of benzene rings is 3. The Labute approximate surface area is 237 Å². The van der Waals surface area contributed by atoms with Gasteiger partial charge in [-0.1, -0.05) is 48.5 Å². The van der Waals surface area contributed by atoms with Crippen molar-refractivity contribution in [2.45, 2.75) is 13.8 Å². The third kappa shape index (κ3) is 6.65. The number of carbonyl (C=O) groups is 2. The fourth-order valence-electron chi connectivity index (χ4n) is 3.81. The van der Waals surface area contributed by atoms with Gasteiger partial charge in [0.1, 0.15) is 11.4 Å². The number of aryl methyl sites for hydroxylation is 2. The van der Waals surface area contributed by atoms with Gasteiger partial charge in [0, 0.05) is 23.2 Å². The van der Waals surface area contributed by atoms with Gasteiger partial charge in [0.05, 0.1) is 11.4 Å². The average molecular weight is 613 g/mol. The molecule has 3 aromatic carbocycles. The van der Waals surface area contributed by atoms with Crippen molar-refractivity contribution in [3.05, 3.63) is 108 Å². The summed E-state index contributed by atoms with van der Waals surface area (Å²) in [6.45, 7) is 3.91. The molecule has 5 rings (SSSR count). The van der Waals surface area contributed by atoms with Crippen LogP contribution in [0.5, 0.6) is 0 Å². The van der Waals surface area contributed by atoms with Crippen LogP contribution in [-0.4, -0.2) is 21.8 Å². The number of halogens is 1. The van der Waals surface area contributed by atoms with Crippen LogP contribution in [0.4, 0.5) is 11.4 Å². The molecular weight excluding hydrogens is 591 g/mol. The molecule has 2 N–H and O–H groups in total. The van der Waals surface area contributed by atoms with Gasteiger partial charge in [0.15, 0.2) is 0 Å². The molecule has 5 aromatic rings. The number of fused-ring (bicyclic) bond motifs is 2. The van der Waals surface area contributed by atoms with Crippen molar-refractivity contribution < 1.29 is 46.2 Å². The zero-order valence-electron chi connectivity index (χ0n) is 20.4. The summed E-state index contributed by atoms with van der Waals surface area (Å²) < 4.78 is 7.25. The second-order valence-electron chi connectivity index (χ2n) is 8.22. The van der Waals surface area contributed by atoms with E-state index in [0.717, 1.165) is 32.7 Å². The zero-order chi connectivity index (χ0) is 25.7. The van der Waals surface area contributed by atoms with E-state index in [2.05, 4.69) is 20.6 Å². The summed E-state index contributed by atoms with van der Waals surface area (Å²) in [5, 5.41) is 9.60. The van der Waals surface area contributed by atoms with E-state index >= 15 is 0 Å². The molecule has 0 atom stereocenters. The van der Waals surface area contributed by atoms with Gasteiger partial charge in [-0.25, -0.2) is 0 Å². The largest absolute Gasteiger partial charge is 3.00 e. The van der Waals surface area contributed by atoms with Crippen LogP contribution in [-0.2, 0) is 24.3 Å². The van der Waals surface area contributed by atoms with E-state index in [1.807, 2.05) is 74.5 Å². The number of rotatable bonds is 4. The van der Waals surface area contributed by atoms with E-state index in [1.165, 1.54) is 0 Å². The summed E-state index contributed by atoms with van der Waals surface area (Å²) in [7, 11) is 0. The van der Waals surface area contributed by atoms with E-state index in [1.54, 1.807) is 24.5 Å². The van der Waals surface area contributed by atoms with E-state index in [9.17, 15) is 9.59 Å². The Morgan fingerprint density at radius 3 is 1.37 bits per heavy atom. The van der Waals surface area contributed by atoms with Crippen LogP contribution in [0.25, 0.3) is 21.5 Å². The van der Waals surface area contributed by atoms with Crippen molar-refractivity contribution in [2.24, 2.45) is 0 Å². The van der Waals surface area contributed by atoms with E-state index in [4.69, 9.17) is 10.2 Å². The van der Waals surface area contributed by atoms with Gasteiger partial charge in [0.25, 0.3) is 11.8 Å². The van der Waals surface area contributed by atoms with E-state index < -0.39 is 0 Å². The number of hydrogen-bond acceptors (Lipinski definition) is 5. The summed E-state index contributed by atoms with van der Waals surface area (Å²) in [4.78, 5) is 34.6. The topological polar surface area (TPSA) is 128 Å². The predicted octanol–water partition coefficient (Wildman–Crippen LogP) is 2.80. The molecule has 0 unspecified atom stereocenters. The maximum atomic E-state index is 13.0. The maximum Gasteiger partial charge on any atom is 3.00 e. The quantitative estimate of drug-likeness (QED) is 0.238. The molecule has 2 aromatic heterocycles. The first-order valence-corrected chi connectivity index (χ1v) is 11.1. The smallest absolute Gasteiger partial charge is 1.00 e. The number of carbonyl (C=O) groups excluding carboxylic acids is 2. The summed E-state index contributed by atoms with van der Waals surface area (Å²) >= 11 is 0. The number of hydrogen-bond donors (Lipinski definition) is 2. The van der Waals surface area contributed by atoms with Gasteiger partial charge in [-0.2, -0.15) is 0 Å². The Bertz CT molecular complexity index is 1520. The minimum absolute atomic E-state index is 0. The predicted molar refractivity (Wildman–Crippen MR) is 138 cm³/mol. The molecule has 0 aliphatic heterocycles. The summed E-state index contributed by atoms with van der Waals surface area (Å²) in [6.07, 6.45) is 3.36. The van der Waals surface area contributed by atoms with Crippen molar-refractivity contribution in [1.29, 1.82) is 5.46 Å². The Balaban J connectivity index is 0.00000124. The van der Waals surface area contributed by atoms with Crippen molar-refractivity contribution in [2.75, 3.05) is 10.6 Å². The van der Waals surface area contributed by atoms with Crippen LogP contribution in [0.2, 0.25) is 0 Å². The Hall–Kier alpha value is -4.00. The Morgan fingerprint density at radius 1 is 0.658 bits per heavy atom. The normalized spacial score (nSPS) is 9.79. The van der Waals surface area contributed by atoms with Gasteiger partial charge in [0.2, 0.25) is 0 Å². The standard InChI is InChI=1S/C28H22N4O2.ClH.NO.Ru/c1-17-11-23(31-27(33)25-13-19-7-3-5-9-21(19)15-29-25)24(12-18(17)2)32-28(34)26-14-20-8-4-6-10-22(20)16-30-26;;1-2;/h3-16H,1-2H3,(H,31,33)(H,32,34);1H;;/q;;+1;+3/p-1. The molecule has 0 bridgehead atoms. The minimum Gasteiger partial charge on any atom is -1.00 e. The van der Waals surface area contributed by atoms with Gasteiger partial charge in [-0.3, -0.25) is 19.6 Å². The SMILES string of the molecule is Cc1cc(NC(=O)c2cc3ccccc3cn2)c(NC(=O)c2cc3ccccc3cn2)cc1C.N#[O+].[Cl-].[Ru+3]. The summed E-state index contributed by atoms with van der Waals surface area (Å²) in [5.74, 6) is -0.707. The molecule has 0 fully saturated rings. The van der Waals surface area contributed by atoms with Crippen LogP contribution in [0.3, 0.4) is 0 Å². The number of amides is 2. The zero-order valence-corrected chi connectivity index (χ0v) is 22.9. The fourth-order valence-corrected chi connectivity index (χ4v) is 3.81. The number of anilines is 2. The molecule has 2 amide bonds. The third-order valence-corrected chi connectivity index (χ3v) is 5.86. The molecule has 38 heavy (non-hydrogen) atoms. The van der Waals surface area contributed by atoms with Crippen molar-refractivity contribution >= 4 is 44.7 Å². The van der Waals surface area contributed by atoms with Crippen LogP contribution in [0.1, 0.15) is 32.1 Å². The molecule has 0 aliphatic carbocycles. The first-order chi connectivity index (χ1) is 17.5. The van der Waals surface area contributed by atoms with Crippen LogP contribution >= 0.6 is 0 Å². The monoisotopic (exact) mass is 613 g/mol. The van der Waals surface area contributed by atoms with Crippen LogP contribution < -0.4 is 23.0 Å². The van der Waals surface area contributed by atoms with Gasteiger partial charge >= 0.3 is 29.7 Å². The minimum atomic E-state index is -0.353. The third-order valence-electron chi connectivity index (χ3n) is 5.86. The Kier molecular flexibility index (Phi) is 10.8. The summed E-state index contributed by atoms with van der Waals surface area (Å²) in [6, 6.07) is 22.7. The van der Waals surface area contributed by atoms with Crippen molar-refractivity contribution in [1.82, 2.24) is 9.97 Å². The number of nitrogens with zero attached hydrogens (tertiary/aromatic N) is 3. The average Bonchev–Trinajstić information content (AvgIpc) is 2.92. The molecule has 2 heterocycles. The van der Waals surface area contributed by atoms with E-state index in [0.29, 0.717) is 22.8 Å². The molecule has 0 aliphatic rings. The van der Waals surface area contributed by atoms with Gasteiger partial charge < -0.3 is 23.0 Å². The first-order valence-electron chi connectivity index (χ1n) is 11.1. The molecule has 8 nitrogen and oxygen atoms in total. The molecular formula is C28H22ClN5O3Ru+3. The van der Waals surface area contributed by atoms with Crippen LogP contribution in [0.15, 0.2) is 85.2 Å². The van der Waals surface area contributed by atoms with E-state index in [-0.39, 0.29) is 43.7 Å². The fraction of sp³-hybridized carbons (Fsp3) is 0.0714. The molecule has 10 heteroatoms.